The van der Waals surface area contributed by atoms with Gasteiger partial charge in [-0.15, -0.1) is 0 Å². The van der Waals surface area contributed by atoms with Crippen molar-refractivity contribution in [1.82, 2.24) is 0 Å². The van der Waals surface area contributed by atoms with Crippen LogP contribution in [-0.2, 0) is 14.3 Å². The minimum absolute atomic E-state index is 0.0731. The number of hydrogen-bond acceptors (Lipinski definition) is 4. The molecule has 1 N–H and O–H groups in total. The first kappa shape index (κ1) is 14.9. The molecule has 0 saturated heterocycles. The molecule has 0 radical (unpaired) electrons. The zero-order valence-corrected chi connectivity index (χ0v) is 11.1. The first-order chi connectivity index (χ1) is 9.06. The van der Waals surface area contributed by atoms with E-state index in [1.807, 2.05) is 0 Å². The van der Waals surface area contributed by atoms with Crippen LogP contribution in [0.2, 0.25) is 0 Å². The van der Waals surface area contributed by atoms with E-state index in [2.05, 4.69) is 10.1 Å². The monoisotopic (exact) mass is 263 g/mol. The van der Waals surface area contributed by atoms with Crippen molar-refractivity contribution in [3.63, 3.8) is 0 Å². The number of Topliss-reactive ketones (excluding diaryl/α,β-unsaturated/α-hetero) is 1. The molecule has 19 heavy (non-hydrogen) atoms. The Balaban J connectivity index is 2.58. The minimum atomic E-state index is -0.403. The van der Waals surface area contributed by atoms with Gasteiger partial charge in [-0.25, -0.2) is 0 Å². The summed E-state index contributed by atoms with van der Waals surface area (Å²) in [6.45, 7) is 1.76. The van der Waals surface area contributed by atoms with Crippen LogP contribution in [0.25, 0.3) is 0 Å². The Hall–Kier alpha value is -2.17. The summed E-state index contributed by atoms with van der Waals surface area (Å²) in [5, 5.41) is 2.69. The highest BCUT2D eigenvalue weighted by molar-refractivity contribution is 5.98. The van der Waals surface area contributed by atoms with Gasteiger partial charge in [-0.05, 0) is 24.3 Å². The summed E-state index contributed by atoms with van der Waals surface area (Å²) in [6, 6.07) is 6.59. The van der Waals surface area contributed by atoms with Crippen LogP contribution in [0.5, 0.6) is 0 Å². The Morgan fingerprint density at radius 3 is 2.26 bits per heavy atom. The van der Waals surface area contributed by atoms with Crippen LogP contribution in [0.1, 0.15) is 36.5 Å². The second kappa shape index (κ2) is 7.31. The molecule has 0 aliphatic carbocycles. The fourth-order valence-corrected chi connectivity index (χ4v) is 1.45. The average molecular weight is 263 g/mol. The lowest BCUT2D eigenvalue weighted by molar-refractivity contribution is -0.140. The van der Waals surface area contributed by atoms with Gasteiger partial charge in [0.15, 0.2) is 5.78 Å². The third-order valence-corrected chi connectivity index (χ3v) is 2.60. The van der Waals surface area contributed by atoms with E-state index >= 15 is 0 Å². The molecule has 1 aromatic rings. The van der Waals surface area contributed by atoms with Gasteiger partial charge >= 0.3 is 5.97 Å². The molecular formula is C14H17NO4. The van der Waals surface area contributed by atoms with Crippen LogP contribution in [0.3, 0.4) is 0 Å². The van der Waals surface area contributed by atoms with Crippen LogP contribution in [0.4, 0.5) is 5.69 Å². The van der Waals surface area contributed by atoms with Gasteiger partial charge in [0.25, 0.3) is 0 Å². The molecule has 5 nitrogen and oxygen atoms in total. The van der Waals surface area contributed by atoms with Crippen LogP contribution < -0.4 is 5.32 Å². The van der Waals surface area contributed by atoms with Crippen molar-refractivity contribution in [2.75, 3.05) is 12.4 Å². The molecule has 0 aliphatic rings. The molecular weight excluding hydrogens is 246 g/mol. The maximum Gasteiger partial charge on any atom is 0.305 e. The lowest BCUT2D eigenvalue weighted by Crippen LogP contribution is -2.10. The Bertz CT molecular complexity index is 465. The lowest BCUT2D eigenvalue weighted by atomic mass is 10.1. The van der Waals surface area contributed by atoms with Gasteiger partial charge in [0.05, 0.1) is 13.5 Å². The normalized spacial score (nSPS) is 9.79. The summed E-state index contributed by atoms with van der Waals surface area (Å²) in [6.07, 6.45) is 0.594. The number of hydrogen-bond donors (Lipinski definition) is 1. The van der Waals surface area contributed by atoms with Gasteiger partial charge in [0.1, 0.15) is 0 Å². The second-order valence-electron chi connectivity index (χ2n) is 3.98. The van der Waals surface area contributed by atoms with E-state index in [1.165, 1.54) is 7.11 Å². The average Bonchev–Trinajstić information content (AvgIpc) is 2.44. The molecule has 0 unspecified atom stereocenters. The van der Waals surface area contributed by atoms with Gasteiger partial charge in [-0.1, -0.05) is 6.92 Å². The zero-order valence-electron chi connectivity index (χ0n) is 11.1. The summed E-state index contributed by atoms with van der Waals surface area (Å²) >= 11 is 0. The molecule has 0 heterocycles. The number of esters is 1. The molecule has 0 atom stereocenters. The van der Waals surface area contributed by atoms with Crippen molar-refractivity contribution >= 4 is 23.3 Å². The number of nitrogens with one attached hydrogen (secondary N) is 1. The number of ether oxygens (including phenoxy) is 1. The third-order valence-electron chi connectivity index (χ3n) is 2.60. The van der Waals surface area contributed by atoms with Gasteiger partial charge in [0.2, 0.25) is 5.91 Å². The van der Waals surface area contributed by atoms with Crippen molar-refractivity contribution in [3.8, 4) is 0 Å². The van der Waals surface area contributed by atoms with Crippen LogP contribution in [0.15, 0.2) is 24.3 Å². The van der Waals surface area contributed by atoms with E-state index in [0.717, 1.165) is 0 Å². The molecule has 1 amide bonds. The van der Waals surface area contributed by atoms with Crippen molar-refractivity contribution < 1.29 is 19.1 Å². The maximum absolute atomic E-state index is 11.8. The number of anilines is 1. The molecule has 5 heteroatoms. The predicted molar refractivity (Wildman–Crippen MR) is 70.9 cm³/mol. The number of carbonyl (C=O) groups excluding carboxylic acids is 3. The van der Waals surface area contributed by atoms with Crippen LogP contribution >= 0.6 is 0 Å². The number of benzene rings is 1. The van der Waals surface area contributed by atoms with E-state index in [1.54, 1.807) is 31.2 Å². The summed E-state index contributed by atoms with van der Waals surface area (Å²) in [5.74, 6) is -0.608. The molecule has 0 aliphatic heterocycles. The number of ketones is 1. The highest BCUT2D eigenvalue weighted by Gasteiger charge is 2.09. The molecule has 0 spiro atoms. The summed E-state index contributed by atoms with van der Waals surface area (Å²) < 4.78 is 4.47. The Labute approximate surface area is 111 Å². The first-order valence-electron chi connectivity index (χ1n) is 6.06. The van der Waals surface area contributed by atoms with E-state index in [0.29, 0.717) is 17.7 Å². The lowest BCUT2D eigenvalue weighted by Gasteiger charge is -2.05. The number of rotatable bonds is 6. The number of methoxy groups -OCH3 is 1. The zero-order chi connectivity index (χ0) is 14.3. The molecule has 1 rings (SSSR count). The Morgan fingerprint density at radius 2 is 1.74 bits per heavy atom. The Kier molecular flexibility index (Phi) is 5.73. The standard InChI is InChI=1S/C14H17NO4/c1-3-13(17)15-11-6-4-10(5-7-11)12(16)8-9-14(18)19-2/h4-7H,3,8-9H2,1-2H3,(H,15,17). The smallest absolute Gasteiger partial charge is 0.305 e. The van der Waals surface area contributed by atoms with Crippen LogP contribution in [-0.4, -0.2) is 24.8 Å². The van der Waals surface area contributed by atoms with E-state index < -0.39 is 5.97 Å². The predicted octanol–water partition coefficient (Wildman–Crippen LogP) is 2.17. The molecule has 0 saturated carbocycles. The molecule has 0 aromatic heterocycles. The SMILES string of the molecule is CCC(=O)Nc1ccc(C(=O)CCC(=O)OC)cc1. The molecule has 0 bridgehead atoms. The van der Waals surface area contributed by atoms with E-state index in [-0.39, 0.29) is 24.5 Å². The fourth-order valence-electron chi connectivity index (χ4n) is 1.45. The molecule has 0 fully saturated rings. The maximum atomic E-state index is 11.8. The quantitative estimate of drug-likeness (QED) is 0.630. The van der Waals surface area contributed by atoms with Gasteiger partial charge in [0, 0.05) is 24.1 Å². The van der Waals surface area contributed by atoms with Gasteiger partial charge in [-0.2, -0.15) is 0 Å². The molecule has 1 aromatic carbocycles. The number of amides is 1. The highest BCUT2D eigenvalue weighted by atomic mass is 16.5. The summed E-state index contributed by atoms with van der Waals surface area (Å²) in [5.41, 5.74) is 1.16. The largest absolute Gasteiger partial charge is 0.469 e. The number of carbonyl (C=O) groups is 3. The first-order valence-corrected chi connectivity index (χ1v) is 6.06. The van der Waals surface area contributed by atoms with E-state index in [4.69, 9.17) is 0 Å². The summed E-state index contributed by atoms with van der Waals surface area (Å²) in [7, 11) is 1.29. The van der Waals surface area contributed by atoms with Gasteiger partial charge in [-0.3, -0.25) is 14.4 Å². The van der Waals surface area contributed by atoms with Crippen LogP contribution in [0, 0.1) is 0 Å². The van der Waals surface area contributed by atoms with Gasteiger partial charge < -0.3 is 10.1 Å². The Morgan fingerprint density at radius 1 is 1.11 bits per heavy atom. The highest BCUT2D eigenvalue weighted by Crippen LogP contribution is 2.12. The van der Waals surface area contributed by atoms with Crippen molar-refractivity contribution in [2.45, 2.75) is 26.2 Å². The second-order valence-corrected chi connectivity index (χ2v) is 3.98. The topological polar surface area (TPSA) is 72.5 Å². The third kappa shape index (κ3) is 4.91. The van der Waals surface area contributed by atoms with Crippen molar-refractivity contribution in [2.24, 2.45) is 0 Å². The van der Waals surface area contributed by atoms with Crippen molar-refractivity contribution in [3.05, 3.63) is 29.8 Å². The van der Waals surface area contributed by atoms with E-state index in [9.17, 15) is 14.4 Å². The summed E-state index contributed by atoms with van der Waals surface area (Å²) in [4.78, 5) is 33.9. The minimum Gasteiger partial charge on any atom is -0.469 e. The van der Waals surface area contributed by atoms with Crippen molar-refractivity contribution in [1.29, 1.82) is 0 Å². The fraction of sp³-hybridized carbons (Fsp3) is 0.357. The molecule has 102 valence electrons.